The van der Waals surface area contributed by atoms with Gasteiger partial charge in [-0.15, -0.1) is 0 Å². The van der Waals surface area contributed by atoms with Gasteiger partial charge >= 0.3 is 0 Å². The molecule has 2 rings (SSSR count). The van der Waals surface area contributed by atoms with Crippen LogP contribution in [-0.2, 0) is 9.53 Å². The van der Waals surface area contributed by atoms with Gasteiger partial charge in [0.1, 0.15) is 5.82 Å². The lowest BCUT2D eigenvalue weighted by molar-refractivity contribution is -0.117. The zero-order valence-electron chi connectivity index (χ0n) is 12.3. The fraction of sp³-hybridized carbons (Fsp3) is 0.533. The first-order valence-electron chi connectivity index (χ1n) is 7.16. The third kappa shape index (κ3) is 4.99. The first-order chi connectivity index (χ1) is 10.0. The second-order valence-electron chi connectivity index (χ2n) is 5.54. The number of nitrogens with two attached hydrogens (primary N) is 1. The maximum absolute atomic E-state index is 13.5. The number of carbonyl (C=O) groups excluding carboxylic acids is 1. The molecule has 1 aromatic carbocycles. The molecule has 0 radical (unpaired) electrons. The van der Waals surface area contributed by atoms with Crippen LogP contribution >= 0.6 is 0 Å². The first kappa shape index (κ1) is 15.7. The highest BCUT2D eigenvalue weighted by Crippen LogP contribution is 2.18. The zero-order valence-corrected chi connectivity index (χ0v) is 12.3. The average Bonchev–Trinajstić information content (AvgIpc) is 2.43. The van der Waals surface area contributed by atoms with Gasteiger partial charge in [-0.2, -0.15) is 0 Å². The van der Waals surface area contributed by atoms with Gasteiger partial charge in [-0.25, -0.2) is 4.39 Å². The molecule has 1 fully saturated rings. The molecule has 1 saturated heterocycles. The molecule has 1 amide bonds. The predicted octanol–water partition coefficient (Wildman–Crippen LogP) is 1.70. The van der Waals surface area contributed by atoms with E-state index in [9.17, 15) is 9.18 Å². The third-order valence-electron chi connectivity index (χ3n) is 3.59. The molecule has 0 aromatic heterocycles. The van der Waals surface area contributed by atoms with Crippen LogP contribution in [-0.4, -0.2) is 44.2 Å². The van der Waals surface area contributed by atoms with E-state index in [2.05, 4.69) is 5.32 Å². The number of hydrogen-bond acceptors (Lipinski definition) is 4. The quantitative estimate of drug-likeness (QED) is 0.811. The molecule has 0 atom stereocenters. The largest absolute Gasteiger partial charge is 0.399 e. The van der Waals surface area contributed by atoms with Gasteiger partial charge < -0.3 is 15.8 Å². The van der Waals surface area contributed by atoms with Crippen LogP contribution < -0.4 is 11.1 Å². The number of halogens is 1. The molecular formula is C15H22FN3O2. The lowest BCUT2D eigenvalue weighted by atomic mass is 10.00. The van der Waals surface area contributed by atoms with Crippen LogP contribution in [0.15, 0.2) is 18.2 Å². The summed E-state index contributed by atoms with van der Waals surface area (Å²) in [5.41, 5.74) is 6.13. The first-order valence-corrected chi connectivity index (χ1v) is 7.16. The highest BCUT2D eigenvalue weighted by atomic mass is 19.1. The molecule has 6 heteroatoms. The fourth-order valence-corrected chi connectivity index (χ4v) is 2.51. The number of nitrogens with one attached hydrogen (secondary N) is 1. The Morgan fingerprint density at radius 1 is 1.48 bits per heavy atom. The molecule has 0 bridgehead atoms. The molecule has 0 saturated carbocycles. The Hall–Kier alpha value is -1.66. The number of benzene rings is 1. The molecule has 1 aromatic rings. The Labute approximate surface area is 124 Å². The van der Waals surface area contributed by atoms with Crippen molar-refractivity contribution in [2.45, 2.75) is 12.8 Å². The summed E-state index contributed by atoms with van der Waals surface area (Å²) in [5, 5.41) is 2.56. The Kier molecular flexibility index (Phi) is 5.52. The molecule has 21 heavy (non-hydrogen) atoms. The van der Waals surface area contributed by atoms with Gasteiger partial charge in [0.05, 0.1) is 12.2 Å². The summed E-state index contributed by atoms with van der Waals surface area (Å²) in [6, 6.07) is 4.13. The number of likely N-dealkylation sites (N-methyl/N-ethyl adjacent to an activating group) is 1. The van der Waals surface area contributed by atoms with Crippen molar-refractivity contribution in [3.8, 4) is 0 Å². The van der Waals surface area contributed by atoms with Gasteiger partial charge in [0.15, 0.2) is 0 Å². The van der Waals surface area contributed by atoms with Crippen molar-refractivity contribution in [3.63, 3.8) is 0 Å². The van der Waals surface area contributed by atoms with Crippen molar-refractivity contribution in [3.05, 3.63) is 24.0 Å². The van der Waals surface area contributed by atoms with Gasteiger partial charge in [0.25, 0.3) is 0 Å². The number of carbonyl (C=O) groups is 1. The maximum Gasteiger partial charge on any atom is 0.238 e. The summed E-state index contributed by atoms with van der Waals surface area (Å²) in [4.78, 5) is 13.9. The molecule has 5 nitrogen and oxygen atoms in total. The fourth-order valence-electron chi connectivity index (χ4n) is 2.51. The molecule has 1 aliphatic rings. The van der Waals surface area contributed by atoms with Crippen molar-refractivity contribution in [1.29, 1.82) is 0 Å². The molecule has 1 aliphatic heterocycles. The lowest BCUT2D eigenvalue weighted by Gasteiger charge is -2.26. The monoisotopic (exact) mass is 295 g/mol. The van der Waals surface area contributed by atoms with E-state index in [0.29, 0.717) is 11.6 Å². The van der Waals surface area contributed by atoms with Crippen LogP contribution in [0.4, 0.5) is 15.8 Å². The van der Waals surface area contributed by atoms with E-state index < -0.39 is 5.82 Å². The van der Waals surface area contributed by atoms with Crippen molar-refractivity contribution in [1.82, 2.24) is 4.90 Å². The van der Waals surface area contributed by atoms with Crippen molar-refractivity contribution in [2.24, 2.45) is 5.92 Å². The third-order valence-corrected chi connectivity index (χ3v) is 3.59. The van der Waals surface area contributed by atoms with E-state index in [-0.39, 0.29) is 18.1 Å². The summed E-state index contributed by atoms with van der Waals surface area (Å²) in [5.74, 6) is -0.167. The van der Waals surface area contributed by atoms with Gasteiger partial charge in [0.2, 0.25) is 5.91 Å². The van der Waals surface area contributed by atoms with Crippen LogP contribution in [0.5, 0.6) is 0 Å². The normalized spacial score (nSPS) is 16.1. The Balaban J connectivity index is 1.81. The predicted molar refractivity (Wildman–Crippen MR) is 80.5 cm³/mol. The van der Waals surface area contributed by atoms with Crippen molar-refractivity contribution in [2.75, 3.05) is 44.4 Å². The van der Waals surface area contributed by atoms with Crippen molar-refractivity contribution < 1.29 is 13.9 Å². The minimum Gasteiger partial charge on any atom is -0.399 e. The number of anilines is 2. The molecule has 0 unspecified atom stereocenters. The summed E-state index contributed by atoms with van der Waals surface area (Å²) >= 11 is 0. The smallest absolute Gasteiger partial charge is 0.238 e. The van der Waals surface area contributed by atoms with Crippen LogP contribution in [0.25, 0.3) is 0 Å². The summed E-state index contributed by atoms with van der Waals surface area (Å²) in [7, 11) is 1.89. The topological polar surface area (TPSA) is 67.6 Å². The van der Waals surface area contributed by atoms with Gasteiger partial charge in [-0.3, -0.25) is 9.69 Å². The van der Waals surface area contributed by atoms with Gasteiger partial charge in [-0.1, -0.05) is 0 Å². The minimum absolute atomic E-state index is 0.125. The van der Waals surface area contributed by atoms with E-state index >= 15 is 0 Å². The van der Waals surface area contributed by atoms with E-state index in [1.807, 2.05) is 11.9 Å². The number of rotatable bonds is 5. The second-order valence-corrected chi connectivity index (χ2v) is 5.54. The van der Waals surface area contributed by atoms with E-state index in [1.165, 1.54) is 18.2 Å². The highest BCUT2D eigenvalue weighted by molar-refractivity contribution is 5.92. The van der Waals surface area contributed by atoms with E-state index in [0.717, 1.165) is 32.6 Å². The molecule has 0 spiro atoms. The summed E-state index contributed by atoms with van der Waals surface area (Å²) in [6.07, 6.45) is 2.05. The average molecular weight is 295 g/mol. The molecule has 1 heterocycles. The van der Waals surface area contributed by atoms with Crippen molar-refractivity contribution >= 4 is 17.3 Å². The Morgan fingerprint density at radius 2 is 2.19 bits per heavy atom. The van der Waals surface area contributed by atoms with E-state index in [1.54, 1.807) is 0 Å². The van der Waals surface area contributed by atoms with Crippen LogP contribution in [0.1, 0.15) is 12.8 Å². The summed E-state index contributed by atoms with van der Waals surface area (Å²) < 4.78 is 18.9. The lowest BCUT2D eigenvalue weighted by Crippen LogP contribution is -2.35. The minimum atomic E-state index is -0.482. The van der Waals surface area contributed by atoms with Crippen LogP contribution in [0.2, 0.25) is 0 Å². The second kappa shape index (κ2) is 7.38. The zero-order chi connectivity index (χ0) is 15.2. The SMILES string of the molecule is CN(CC(=O)Nc1cc(N)ccc1F)CC1CCOCC1. The van der Waals surface area contributed by atoms with Crippen LogP contribution in [0, 0.1) is 11.7 Å². The Bertz CT molecular complexity index is 490. The molecular weight excluding hydrogens is 273 g/mol. The Morgan fingerprint density at radius 3 is 2.90 bits per heavy atom. The number of nitrogen functional groups attached to an aromatic ring is 1. The number of ether oxygens (including phenoxy) is 1. The number of hydrogen-bond donors (Lipinski definition) is 2. The number of amides is 1. The molecule has 0 aliphatic carbocycles. The maximum atomic E-state index is 13.5. The van der Waals surface area contributed by atoms with E-state index in [4.69, 9.17) is 10.5 Å². The highest BCUT2D eigenvalue weighted by Gasteiger charge is 2.17. The standard InChI is InChI=1S/C15H22FN3O2/c1-19(9-11-4-6-21-7-5-11)10-15(20)18-14-8-12(17)2-3-13(14)16/h2-3,8,11H,4-7,9-10,17H2,1H3,(H,18,20). The van der Waals surface area contributed by atoms with Gasteiger partial charge in [-0.05, 0) is 44.0 Å². The molecule has 3 N–H and O–H groups in total. The number of nitrogens with zero attached hydrogens (tertiary/aromatic N) is 1. The van der Waals surface area contributed by atoms with Gasteiger partial charge in [0, 0.05) is 25.4 Å². The van der Waals surface area contributed by atoms with Crippen LogP contribution in [0.3, 0.4) is 0 Å². The molecule has 116 valence electrons. The summed E-state index contributed by atoms with van der Waals surface area (Å²) in [6.45, 7) is 2.65.